The largest absolute Gasteiger partial charge is 0.456 e. The van der Waals surface area contributed by atoms with Crippen LogP contribution in [0, 0.1) is 12.7 Å². The molecule has 1 rings (SSSR count). The maximum Gasteiger partial charge on any atom is 0.339 e. The van der Waals surface area contributed by atoms with Crippen LogP contribution in [0.4, 0.5) is 10.1 Å². The SMILES string of the molecule is Cc1cc(C(=O)OC(C)(C)C)c(Br)c(N)c1F. The molecule has 1 aromatic carbocycles. The van der Waals surface area contributed by atoms with Crippen molar-refractivity contribution in [2.45, 2.75) is 33.3 Å². The standard InChI is InChI=1S/C12H15BrFNO2/c1-6-5-7(8(13)10(15)9(6)14)11(16)17-12(2,3)4/h5H,15H2,1-4H3. The van der Waals surface area contributed by atoms with Crippen molar-refractivity contribution < 1.29 is 13.9 Å². The van der Waals surface area contributed by atoms with Gasteiger partial charge in [-0.15, -0.1) is 0 Å². The fraction of sp³-hybridized carbons (Fsp3) is 0.417. The highest BCUT2D eigenvalue weighted by Gasteiger charge is 2.22. The van der Waals surface area contributed by atoms with Gasteiger partial charge in [0.25, 0.3) is 0 Å². The van der Waals surface area contributed by atoms with Gasteiger partial charge in [0, 0.05) is 0 Å². The molecule has 0 aliphatic rings. The first-order valence-electron chi connectivity index (χ1n) is 5.11. The molecule has 0 aliphatic carbocycles. The van der Waals surface area contributed by atoms with Crippen molar-refractivity contribution in [3.8, 4) is 0 Å². The Balaban J connectivity index is 3.20. The van der Waals surface area contributed by atoms with Gasteiger partial charge in [-0.3, -0.25) is 0 Å². The average Bonchev–Trinajstić information content (AvgIpc) is 2.17. The Hall–Kier alpha value is -1.10. The van der Waals surface area contributed by atoms with E-state index in [9.17, 15) is 9.18 Å². The van der Waals surface area contributed by atoms with Crippen molar-refractivity contribution in [2.75, 3.05) is 5.73 Å². The van der Waals surface area contributed by atoms with Gasteiger partial charge in [0.2, 0.25) is 0 Å². The number of hydrogen-bond donors (Lipinski definition) is 1. The van der Waals surface area contributed by atoms with Gasteiger partial charge in [0.05, 0.1) is 15.7 Å². The Kier molecular flexibility index (Phi) is 3.81. The molecule has 0 saturated heterocycles. The second-order valence-electron chi connectivity index (χ2n) is 4.78. The van der Waals surface area contributed by atoms with Crippen molar-refractivity contribution in [1.82, 2.24) is 0 Å². The van der Waals surface area contributed by atoms with E-state index in [0.717, 1.165) is 0 Å². The van der Waals surface area contributed by atoms with Crippen LogP contribution < -0.4 is 5.73 Å². The van der Waals surface area contributed by atoms with Crippen LogP contribution in [0.3, 0.4) is 0 Å². The molecule has 0 heterocycles. The molecule has 94 valence electrons. The summed E-state index contributed by atoms with van der Waals surface area (Å²) in [4.78, 5) is 11.9. The van der Waals surface area contributed by atoms with E-state index >= 15 is 0 Å². The normalized spacial score (nSPS) is 11.4. The van der Waals surface area contributed by atoms with Gasteiger partial charge in [-0.1, -0.05) is 0 Å². The number of carbonyl (C=O) groups is 1. The van der Waals surface area contributed by atoms with E-state index < -0.39 is 17.4 Å². The molecule has 0 aromatic heterocycles. The molecule has 0 saturated carbocycles. The lowest BCUT2D eigenvalue weighted by Crippen LogP contribution is -2.24. The summed E-state index contributed by atoms with van der Waals surface area (Å²) in [6.45, 7) is 6.83. The van der Waals surface area contributed by atoms with Crippen LogP contribution >= 0.6 is 15.9 Å². The number of anilines is 1. The lowest BCUT2D eigenvalue weighted by Gasteiger charge is -2.20. The van der Waals surface area contributed by atoms with E-state index in [-0.39, 0.29) is 15.7 Å². The van der Waals surface area contributed by atoms with Gasteiger partial charge < -0.3 is 10.5 Å². The minimum Gasteiger partial charge on any atom is -0.456 e. The van der Waals surface area contributed by atoms with Crippen LogP contribution in [0.15, 0.2) is 10.5 Å². The maximum absolute atomic E-state index is 13.5. The summed E-state index contributed by atoms with van der Waals surface area (Å²) in [5.74, 6) is -1.05. The highest BCUT2D eigenvalue weighted by molar-refractivity contribution is 9.10. The third-order valence-electron chi connectivity index (χ3n) is 2.04. The Morgan fingerprint density at radius 3 is 2.47 bits per heavy atom. The van der Waals surface area contributed by atoms with Gasteiger partial charge in [-0.05, 0) is 55.3 Å². The van der Waals surface area contributed by atoms with Gasteiger partial charge >= 0.3 is 5.97 Å². The molecule has 17 heavy (non-hydrogen) atoms. The number of benzene rings is 1. The number of rotatable bonds is 1. The van der Waals surface area contributed by atoms with Gasteiger partial charge in [-0.25, -0.2) is 9.18 Å². The lowest BCUT2D eigenvalue weighted by atomic mass is 10.1. The predicted molar refractivity (Wildman–Crippen MR) is 68.4 cm³/mol. The minimum absolute atomic E-state index is 0.0779. The first-order chi connectivity index (χ1) is 7.63. The van der Waals surface area contributed by atoms with Gasteiger partial charge in [-0.2, -0.15) is 0 Å². The number of carbonyl (C=O) groups excluding carboxylic acids is 1. The van der Waals surface area contributed by atoms with Gasteiger partial charge in [0.15, 0.2) is 0 Å². The smallest absolute Gasteiger partial charge is 0.339 e. The fourth-order valence-corrected chi connectivity index (χ4v) is 1.73. The van der Waals surface area contributed by atoms with Crippen molar-refractivity contribution >= 4 is 27.6 Å². The third-order valence-corrected chi connectivity index (χ3v) is 2.89. The molecule has 0 atom stereocenters. The zero-order valence-corrected chi connectivity index (χ0v) is 11.8. The molecule has 0 fully saturated rings. The third kappa shape index (κ3) is 3.19. The minimum atomic E-state index is -0.604. The first kappa shape index (κ1) is 14.0. The molecule has 0 aliphatic heterocycles. The molecule has 2 N–H and O–H groups in total. The molecule has 1 aromatic rings. The molecule has 0 bridgehead atoms. The molecule has 0 amide bonds. The molecule has 0 radical (unpaired) electrons. The Morgan fingerprint density at radius 1 is 1.47 bits per heavy atom. The van der Waals surface area contributed by atoms with E-state index in [1.807, 2.05) is 0 Å². The maximum atomic E-state index is 13.5. The molecule has 3 nitrogen and oxygen atoms in total. The molecule has 0 unspecified atom stereocenters. The second kappa shape index (κ2) is 4.64. The van der Waals surface area contributed by atoms with Crippen LogP contribution in [0.1, 0.15) is 36.7 Å². The molecular weight excluding hydrogens is 289 g/mol. The lowest BCUT2D eigenvalue weighted by molar-refractivity contribution is 0.00684. The van der Waals surface area contributed by atoms with Crippen molar-refractivity contribution in [2.24, 2.45) is 0 Å². The van der Waals surface area contributed by atoms with Gasteiger partial charge in [0.1, 0.15) is 11.4 Å². The zero-order chi connectivity index (χ0) is 13.4. The van der Waals surface area contributed by atoms with E-state index in [1.54, 1.807) is 27.7 Å². The number of nitrogens with two attached hydrogens (primary N) is 1. The van der Waals surface area contributed by atoms with E-state index in [1.165, 1.54) is 6.07 Å². The summed E-state index contributed by atoms with van der Waals surface area (Å²) in [5.41, 5.74) is 5.42. The van der Waals surface area contributed by atoms with Crippen LogP contribution in [0.2, 0.25) is 0 Å². The number of hydrogen-bond acceptors (Lipinski definition) is 3. The average molecular weight is 304 g/mol. The van der Waals surface area contributed by atoms with Crippen LogP contribution in [0.25, 0.3) is 0 Å². The molecular formula is C12H15BrFNO2. The highest BCUT2D eigenvalue weighted by Crippen LogP contribution is 2.30. The van der Waals surface area contributed by atoms with Crippen LogP contribution in [-0.4, -0.2) is 11.6 Å². The van der Waals surface area contributed by atoms with Crippen LogP contribution in [0.5, 0.6) is 0 Å². The number of ether oxygens (including phenoxy) is 1. The number of nitrogen functional groups attached to an aromatic ring is 1. The fourth-order valence-electron chi connectivity index (χ4n) is 1.28. The summed E-state index contributed by atoms with van der Waals surface area (Å²) in [6.07, 6.45) is 0. The van der Waals surface area contributed by atoms with Crippen molar-refractivity contribution in [3.05, 3.63) is 27.5 Å². The summed E-state index contributed by atoms with van der Waals surface area (Å²) >= 11 is 3.11. The number of halogens is 2. The molecule has 5 heteroatoms. The second-order valence-corrected chi connectivity index (χ2v) is 5.58. The zero-order valence-electron chi connectivity index (χ0n) is 10.2. The van der Waals surface area contributed by atoms with Crippen molar-refractivity contribution in [1.29, 1.82) is 0 Å². The summed E-state index contributed by atoms with van der Waals surface area (Å²) in [6, 6.07) is 1.42. The van der Waals surface area contributed by atoms with Crippen molar-refractivity contribution in [3.63, 3.8) is 0 Å². The van der Waals surface area contributed by atoms with E-state index in [0.29, 0.717) is 5.56 Å². The topological polar surface area (TPSA) is 52.3 Å². The van der Waals surface area contributed by atoms with E-state index in [2.05, 4.69) is 15.9 Å². The summed E-state index contributed by atoms with van der Waals surface area (Å²) in [5, 5.41) is 0. The number of esters is 1. The van der Waals surface area contributed by atoms with E-state index in [4.69, 9.17) is 10.5 Å². The number of aryl methyl sites for hydroxylation is 1. The summed E-state index contributed by atoms with van der Waals surface area (Å²) in [7, 11) is 0. The molecule has 0 spiro atoms. The Morgan fingerprint density at radius 2 is 2.00 bits per heavy atom. The quantitative estimate of drug-likeness (QED) is 0.639. The monoisotopic (exact) mass is 303 g/mol. The van der Waals surface area contributed by atoms with Crippen LogP contribution in [-0.2, 0) is 4.74 Å². The Labute approximate surface area is 108 Å². The Bertz CT molecular complexity index is 467. The first-order valence-corrected chi connectivity index (χ1v) is 5.90. The highest BCUT2D eigenvalue weighted by atomic mass is 79.9. The predicted octanol–water partition coefficient (Wildman–Crippen LogP) is 3.43. The summed E-state index contributed by atoms with van der Waals surface area (Å²) < 4.78 is 18.9.